The third-order valence-electron chi connectivity index (χ3n) is 8.46. The molecule has 0 bridgehead atoms. The molecule has 4 fully saturated rings. The summed E-state index contributed by atoms with van der Waals surface area (Å²) >= 11 is 0. The van der Waals surface area contributed by atoms with E-state index in [2.05, 4.69) is 5.43 Å². The third-order valence-corrected chi connectivity index (χ3v) is 8.46. The van der Waals surface area contributed by atoms with Gasteiger partial charge in [-0.25, -0.2) is 0 Å². The van der Waals surface area contributed by atoms with Gasteiger partial charge in [-0.1, -0.05) is 0 Å². The van der Waals surface area contributed by atoms with Crippen LogP contribution in [0, 0.1) is 0 Å². The maximum atomic E-state index is 11.1. The minimum absolute atomic E-state index is 0.0582. The number of rotatable bonds is 10. The summed E-state index contributed by atoms with van der Waals surface area (Å²) in [5.74, 6) is 5.35. The van der Waals surface area contributed by atoms with Crippen molar-refractivity contribution >= 4 is 0 Å². The highest BCUT2D eigenvalue weighted by molar-refractivity contribution is 5.02. The van der Waals surface area contributed by atoms with Gasteiger partial charge in [0.15, 0.2) is 18.9 Å². The summed E-state index contributed by atoms with van der Waals surface area (Å²) < 4.78 is 34.8. The lowest BCUT2D eigenvalue weighted by atomic mass is 9.84. The van der Waals surface area contributed by atoms with Gasteiger partial charge < -0.3 is 92.8 Å². The van der Waals surface area contributed by atoms with Gasteiger partial charge in [-0.2, -0.15) is 0 Å². The highest BCUT2D eigenvalue weighted by Crippen LogP contribution is 2.34. The molecule has 1 saturated carbocycles. The monoisotopic (exact) mass is 629 g/mol. The average Bonchev–Trinajstić information content (AvgIpc) is 3.28. The van der Waals surface area contributed by atoms with Crippen LogP contribution in [0.2, 0.25) is 0 Å². The molecule has 252 valence electrons. The number of ether oxygens (including phenoxy) is 6. The van der Waals surface area contributed by atoms with Crippen LogP contribution in [0.25, 0.3) is 0 Å². The molecule has 43 heavy (non-hydrogen) atoms. The fraction of sp³-hybridized carbons (Fsp3) is 1.00. The van der Waals surface area contributed by atoms with Crippen LogP contribution in [-0.4, -0.2) is 172 Å². The molecule has 1 aliphatic carbocycles. The Kier molecular flexibility index (Phi) is 12.0. The fourth-order valence-corrected chi connectivity index (χ4v) is 5.83. The molecular formula is C23H47N7O13. The summed E-state index contributed by atoms with van der Waals surface area (Å²) in [6.07, 6.45) is -19.9. The van der Waals surface area contributed by atoms with Crippen molar-refractivity contribution in [3.05, 3.63) is 0 Å². The molecule has 0 aromatic carbocycles. The summed E-state index contributed by atoms with van der Waals surface area (Å²) in [5, 5.41) is 73.3. The van der Waals surface area contributed by atoms with Crippen LogP contribution >= 0.6 is 0 Å². The quantitative estimate of drug-likeness (QED) is 0.0787. The van der Waals surface area contributed by atoms with Crippen LogP contribution in [0.5, 0.6) is 0 Å². The summed E-state index contributed by atoms with van der Waals surface area (Å²) in [5.41, 5.74) is 32.4. The second kappa shape index (κ2) is 14.7. The highest BCUT2D eigenvalue weighted by atomic mass is 16.8. The lowest BCUT2D eigenvalue weighted by Crippen LogP contribution is -2.68. The molecule has 0 amide bonds. The normalized spacial score (nSPS) is 52.8. The molecule has 20 heteroatoms. The smallest absolute Gasteiger partial charge is 0.187 e. The standard InChI is InChI=1S/C23H47N7O13/c24-2-7-13(33)15(35)10(27)21(38-7)42-19-9(4-31)40-23(17(19)37)43-20-12(32)5(25)1-6(26)18(20)41-22-11(28)16(36)14(34)8(39-22)3-30-29/h5-23,30-37H,1-4,24-29H2/t5-,6+,7?,8-,9-,10-,11-,12+,13-,14-,15-,16-,17-,18-,19-,20-,21-,22-,23+/m1/s1. The van der Waals surface area contributed by atoms with Gasteiger partial charge in [0.2, 0.25) is 0 Å². The van der Waals surface area contributed by atoms with Crippen LogP contribution in [0.1, 0.15) is 6.42 Å². The van der Waals surface area contributed by atoms with Gasteiger partial charge in [0.25, 0.3) is 0 Å². The number of hydrazine groups is 1. The molecule has 4 aliphatic rings. The van der Waals surface area contributed by atoms with E-state index in [4.69, 9.17) is 62.9 Å². The van der Waals surface area contributed by atoms with Crippen molar-refractivity contribution in [3.63, 3.8) is 0 Å². The van der Waals surface area contributed by atoms with E-state index in [1.807, 2.05) is 0 Å². The van der Waals surface area contributed by atoms with Crippen molar-refractivity contribution < 1.29 is 64.2 Å². The van der Waals surface area contributed by atoms with E-state index in [1.165, 1.54) is 0 Å². The first-order valence-corrected chi connectivity index (χ1v) is 14.1. The van der Waals surface area contributed by atoms with Gasteiger partial charge >= 0.3 is 0 Å². The second-order valence-electron chi connectivity index (χ2n) is 11.4. The van der Waals surface area contributed by atoms with Crippen molar-refractivity contribution in [2.75, 3.05) is 19.7 Å². The zero-order valence-corrected chi connectivity index (χ0v) is 23.3. The number of nitrogens with two attached hydrogens (primary N) is 6. The largest absolute Gasteiger partial charge is 0.394 e. The van der Waals surface area contributed by atoms with E-state index in [9.17, 15) is 35.7 Å². The van der Waals surface area contributed by atoms with Gasteiger partial charge in [-0.05, 0) is 6.42 Å². The van der Waals surface area contributed by atoms with Crippen LogP contribution in [0.4, 0.5) is 0 Å². The Hall–Kier alpha value is -0.800. The topological polar surface area (TPSA) is 365 Å². The van der Waals surface area contributed by atoms with Gasteiger partial charge in [-0.15, -0.1) is 0 Å². The highest BCUT2D eigenvalue weighted by Gasteiger charge is 2.54. The van der Waals surface area contributed by atoms with E-state index in [0.717, 1.165) is 0 Å². The SMILES string of the molecule is NCC1O[C@H](O[C@H]2[C@@H](O)[C@H](O[C@@H]3[C@@H](O)[C@H](N)C[C@H](N)[C@H]3O[C@H]3O[C@H](CNN)[C@@H](O)[C@H](O)[C@H]3N)O[C@@H]2CO)[C@H](N)[C@@H](O)[C@@H]1O. The van der Waals surface area contributed by atoms with E-state index >= 15 is 0 Å². The Balaban J connectivity index is 1.50. The minimum Gasteiger partial charge on any atom is -0.394 e. The van der Waals surface area contributed by atoms with Crippen LogP contribution in [-0.2, 0) is 28.4 Å². The molecule has 3 heterocycles. The molecular weight excluding hydrogens is 582 g/mol. The maximum Gasteiger partial charge on any atom is 0.187 e. The van der Waals surface area contributed by atoms with Crippen LogP contribution in [0.3, 0.4) is 0 Å². The molecule has 0 spiro atoms. The zero-order valence-electron chi connectivity index (χ0n) is 23.3. The Morgan fingerprint density at radius 1 is 0.605 bits per heavy atom. The average molecular weight is 630 g/mol. The molecule has 3 aliphatic heterocycles. The van der Waals surface area contributed by atoms with Gasteiger partial charge in [0, 0.05) is 25.2 Å². The lowest BCUT2D eigenvalue weighted by molar-refractivity contribution is -0.307. The third kappa shape index (κ3) is 7.13. The van der Waals surface area contributed by atoms with Crippen LogP contribution < -0.4 is 39.9 Å². The predicted octanol–water partition coefficient (Wildman–Crippen LogP) is -9.39. The summed E-state index contributed by atoms with van der Waals surface area (Å²) in [4.78, 5) is 0. The molecule has 20 nitrogen and oxygen atoms in total. The molecule has 4 rings (SSSR count). The first-order valence-electron chi connectivity index (χ1n) is 14.1. The van der Waals surface area contributed by atoms with E-state index in [0.29, 0.717) is 0 Å². The summed E-state index contributed by atoms with van der Waals surface area (Å²) in [7, 11) is 0. The number of hydrogen-bond acceptors (Lipinski definition) is 20. The number of aliphatic hydroxyl groups excluding tert-OH is 7. The molecule has 19 atom stereocenters. The molecule has 0 radical (unpaired) electrons. The molecule has 0 aromatic rings. The molecule has 0 aromatic heterocycles. The van der Waals surface area contributed by atoms with Crippen molar-refractivity contribution in [3.8, 4) is 0 Å². The van der Waals surface area contributed by atoms with Crippen molar-refractivity contribution in [1.82, 2.24) is 5.43 Å². The van der Waals surface area contributed by atoms with Crippen molar-refractivity contribution in [1.29, 1.82) is 0 Å². The molecule has 1 unspecified atom stereocenters. The van der Waals surface area contributed by atoms with E-state index in [-0.39, 0.29) is 19.5 Å². The minimum atomic E-state index is -1.61. The van der Waals surface area contributed by atoms with Gasteiger partial charge in [0.1, 0.15) is 67.1 Å². The Morgan fingerprint density at radius 2 is 1.12 bits per heavy atom. The fourth-order valence-electron chi connectivity index (χ4n) is 5.83. The van der Waals surface area contributed by atoms with E-state index < -0.39 is 123 Å². The number of hydrogen-bond donors (Lipinski definition) is 14. The summed E-state index contributed by atoms with van der Waals surface area (Å²) in [6, 6.07) is -4.22. The Bertz CT molecular complexity index is 887. The van der Waals surface area contributed by atoms with E-state index in [1.54, 1.807) is 0 Å². The first-order chi connectivity index (χ1) is 20.3. The summed E-state index contributed by atoms with van der Waals surface area (Å²) in [6.45, 7) is -0.876. The van der Waals surface area contributed by atoms with Crippen LogP contribution in [0.15, 0.2) is 0 Å². The van der Waals surface area contributed by atoms with Crippen molar-refractivity contribution in [2.24, 2.45) is 34.5 Å². The Labute approximate surface area is 247 Å². The van der Waals surface area contributed by atoms with Gasteiger partial charge in [0.05, 0.1) is 24.8 Å². The molecule has 3 saturated heterocycles. The zero-order chi connectivity index (χ0) is 31.7. The second-order valence-corrected chi connectivity index (χ2v) is 11.4. The predicted molar refractivity (Wildman–Crippen MR) is 141 cm³/mol. The Morgan fingerprint density at radius 3 is 1.67 bits per heavy atom. The molecule has 20 N–H and O–H groups in total. The van der Waals surface area contributed by atoms with Crippen molar-refractivity contribution in [2.45, 2.75) is 123 Å². The number of nitrogens with one attached hydrogen (secondary N) is 1. The maximum absolute atomic E-state index is 11.1. The lowest BCUT2D eigenvalue weighted by Gasteiger charge is -2.47. The first kappa shape index (κ1) is 35.1. The number of aliphatic hydroxyl groups is 7. The van der Waals surface area contributed by atoms with Gasteiger partial charge in [-0.3, -0.25) is 11.3 Å².